The van der Waals surface area contributed by atoms with Crippen molar-refractivity contribution in [3.63, 3.8) is 0 Å². The second-order valence-corrected chi connectivity index (χ2v) is 7.03. The van der Waals surface area contributed by atoms with Crippen LogP contribution in [0.4, 0.5) is 0 Å². The molecule has 0 unspecified atom stereocenters. The molecule has 0 spiro atoms. The first kappa shape index (κ1) is 14.5. The fourth-order valence-corrected chi connectivity index (χ4v) is 2.35. The molecule has 1 rings (SSSR count). The summed E-state index contributed by atoms with van der Waals surface area (Å²) >= 11 is 1.87. The van der Waals surface area contributed by atoms with Gasteiger partial charge in [0.2, 0.25) is 0 Å². The molecule has 1 aromatic heterocycles. The summed E-state index contributed by atoms with van der Waals surface area (Å²) in [7, 11) is 0. The molecule has 0 bridgehead atoms. The average Bonchev–Trinajstić information content (AvgIpc) is 2.19. The zero-order chi connectivity index (χ0) is 13.1. The Labute approximate surface area is 109 Å². The Morgan fingerprint density at radius 1 is 1.12 bits per heavy atom. The van der Waals surface area contributed by atoms with E-state index in [2.05, 4.69) is 30.7 Å². The molecule has 0 fully saturated rings. The van der Waals surface area contributed by atoms with Crippen LogP contribution in [0.25, 0.3) is 0 Å². The zero-order valence-electron chi connectivity index (χ0n) is 11.5. The Balaban J connectivity index is 2.83. The van der Waals surface area contributed by atoms with Gasteiger partial charge in [-0.2, -0.15) is 0 Å². The third-order valence-corrected chi connectivity index (χ3v) is 3.76. The highest BCUT2D eigenvalue weighted by Gasteiger charge is 2.13. The molecule has 96 valence electrons. The van der Waals surface area contributed by atoms with Crippen molar-refractivity contribution in [3.05, 3.63) is 22.8 Å². The summed E-state index contributed by atoms with van der Waals surface area (Å²) in [6.07, 6.45) is 0.865. The van der Waals surface area contributed by atoms with Crippen LogP contribution in [0.3, 0.4) is 0 Å². The smallest absolute Gasteiger partial charge is 0.138 e. The van der Waals surface area contributed by atoms with E-state index in [1.54, 1.807) is 0 Å². The molecule has 0 radical (unpaired) electrons. The molecule has 0 aromatic carbocycles. The van der Waals surface area contributed by atoms with Gasteiger partial charge in [0.1, 0.15) is 5.82 Å². The highest BCUT2D eigenvalue weighted by Crippen LogP contribution is 2.26. The van der Waals surface area contributed by atoms with Crippen LogP contribution in [-0.2, 0) is 12.2 Å². The molecule has 0 atom stereocenters. The molecule has 1 heterocycles. The fourth-order valence-electron chi connectivity index (χ4n) is 1.66. The Kier molecular flexibility index (Phi) is 4.95. The first-order chi connectivity index (χ1) is 7.83. The monoisotopic (exact) mass is 253 g/mol. The second-order valence-electron chi connectivity index (χ2n) is 5.23. The highest BCUT2D eigenvalue weighted by atomic mass is 32.2. The fraction of sp³-hybridized carbons (Fsp3) is 0.692. The van der Waals surface area contributed by atoms with Crippen molar-refractivity contribution in [3.8, 4) is 0 Å². The molecule has 0 aliphatic rings. The van der Waals surface area contributed by atoms with Gasteiger partial charge in [-0.1, -0.05) is 20.8 Å². The van der Waals surface area contributed by atoms with E-state index in [4.69, 9.17) is 5.73 Å². The summed E-state index contributed by atoms with van der Waals surface area (Å²) in [5, 5.41) is 0. The Morgan fingerprint density at radius 2 is 1.65 bits per heavy atom. The predicted octanol–water partition coefficient (Wildman–Crippen LogP) is 2.63. The van der Waals surface area contributed by atoms with E-state index in [1.807, 2.05) is 25.6 Å². The number of hydrogen-bond donors (Lipinski definition) is 1. The maximum Gasteiger partial charge on any atom is 0.138 e. The van der Waals surface area contributed by atoms with Crippen LogP contribution in [0.2, 0.25) is 0 Å². The molecule has 4 heteroatoms. The van der Waals surface area contributed by atoms with Crippen molar-refractivity contribution in [2.45, 2.75) is 51.5 Å². The second kappa shape index (κ2) is 5.83. The lowest BCUT2D eigenvalue weighted by Crippen LogP contribution is -2.12. The van der Waals surface area contributed by atoms with Gasteiger partial charge in [0.05, 0.1) is 5.75 Å². The number of aromatic nitrogens is 2. The maximum atomic E-state index is 5.59. The molecule has 0 amide bonds. The molecule has 0 saturated heterocycles. The standard InChI is InChI=1S/C13H23N3S/c1-9-11(6-7-14)10(2)16-12(15-9)8-17-13(3,4)5/h6-8,14H2,1-5H3. The van der Waals surface area contributed by atoms with Crippen LogP contribution >= 0.6 is 11.8 Å². The first-order valence-corrected chi connectivity index (χ1v) is 6.99. The van der Waals surface area contributed by atoms with Crippen molar-refractivity contribution in [1.29, 1.82) is 0 Å². The lowest BCUT2D eigenvalue weighted by atomic mass is 10.1. The summed E-state index contributed by atoms with van der Waals surface area (Å²) in [6.45, 7) is 11.4. The molecule has 2 N–H and O–H groups in total. The normalized spacial score (nSPS) is 11.9. The topological polar surface area (TPSA) is 51.8 Å². The predicted molar refractivity (Wildman–Crippen MR) is 75.3 cm³/mol. The van der Waals surface area contributed by atoms with Crippen LogP contribution < -0.4 is 5.73 Å². The summed E-state index contributed by atoms with van der Waals surface area (Å²) in [5.74, 6) is 1.80. The maximum absolute atomic E-state index is 5.59. The minimum Gasteiger partial charge on any atom is -0.330 e. The Morgan fingerprint density at radius 3 is 2.06 bits per heavy atom. The summed E-state index contributed by atoms with van der Waals surface area (Å²) in [5.41, 5.74) is 8.95. The summed E-state index contributed by atoms with van der Waals surface area (Å²) in [4.78, 5) is 9.14. The van der Waals surface area contributed by atoms with Crippen LogP contribution in [0.5, 0.6) is 0 Å². The van der Waals surface area contributed by atoms with Crippen molar-refractivity contribution < 1.29 is 0 Å². The third-order valence-electron chi connectivity index (χ3n) is 2.50. The molecule has 0 aliphatic carbocycles. The molecule has 1 aromatic rings. The Bertz CT molecular complexity index is 360. The van der Waals surface area contributed by atoms with Gasteiger partial charge in [0.15, 0.2) is 0 Å². The number of thioether (sulfide) groups is 1. The van der Waals surface area contributed by atoms with Crippen LogP contribution in [0.15, 0.2) is 0 Å². The van der Waals surface area contributed by atoms with Crippen LogP contribution in [0.1, 0.15) is 43.5 Å². The van der Waals surface area contributed by atoms with E-state index in [0.717, 1.165) is 29.4 Å². The lowest BCUT2D eigenvalue weighted by molar-refractivity contribution is 0.797. The highest BCUT2D eigenvalue weighted by molar-refractivity contribution is 7.99. The van der Waals surface area contributed by atoms with Gasteiger partial charge in [-0.05, 0) is 32.4 Å². The molecular weight excluding hydrogens is 230 g/mol. The molecular formula is C13H23N3S. The quantitative estimate of drug-likeness (QED) is 0.896. The van der Waals surface area contributed by atoms with Crippen molar-refractivity contribution in [2.75, 3.05) is 6.54 Å². The lowest BCUT2D eigenvalue weighted by Gasteiger charge is -2.17. The zero-order valence-corrected chi connectivity index (χ0v) is 12.3. The van der Waals surface area contributed by atoms with E-state index in [-0.39, 0.29) is 4.75 Å². The summed E-state index contributed by atoms with van der Waals surface area (Å²) in [6, 6.07) is 0. The van der Waals surface area contributed by atoms with Gasteiger partial charge < -0.3 is 5.73 Å². The number of nitrogens with two attached hydrogens (primary N) is 1. The van der Waals surface area contributed by atoms with Gasteiger partial charge in [0.25, 0.3) is 0 Å². The van der Waals surface area contributed by atoms with Gasteiger partial charge in [0, 0.05) is 16.1 Å². The van der Waals surface area contributed by atoms with E-state index in [0.29, 0.717) is 6.54 Å². The Hall–Kier alpha value is -0.610. The van der Waals surface area contributed by atoms with E-state index in [1.165, 1.54) is 5.56 Å². The summed E-state index contributed by atoms with van der Waals surface area (Å²) < 4.78 is 0.251. The largest absolute Gasteiger partial charge is 0.330 e. The van der Waals surface area contributed by atoms with Gasteiger partial charge in [-0.3, -0.25) is 0 Å². The number of nitrogens with zero attached hydrogens (tertiary/aromatic N) is 2. The van der Waals surface area contributed by atoms with E-state index >= 15 is 0 Å². The van der Waals surface area contributed by atoms with E-state index in [9.17, 15) is 0 Å². The van der Waals surface area contributed by atoms with Gasteiger partial charge >= 0.3 is 0 Å². The van der Waals surface area contributed by atoms with Crippen molar-refractivity contribution in [2.24, 2.45) is 5.73 Å². The average molecular weight is 253 g/mol. The van der Waals surface area contributed by atoms with Gasteiger partial charge in [-0.25, -0.2) is 9.97 Å². The third kappa shape index (κ3) is 4.64. The molecule has 3 nitrogen and oxygen atoms in total. The number of hydrogen-bond acceptors (Lipinski definition) is 4. The minimum atomic E-state index is 0.251. The number of aryl methyl sites for hydroxylation is 2. The first-order valence-electron chi connectivity index (χ1n) is 6.00. The van der Waals surface area contributed by atoms with Crippen molar-refractivity contribution >= 4 is 11.8 Å². The van der Waals surface area contributed by atoms with E-state index < -0.39 is 0 Å². The number of rotatable bonds is 4. The van der Waals surface area contributed by atoms with Crippen molar-refractivity contribution in [1.82, 2.24) is 9.97 Å². The SMILES string of the molecule is Cc1nc(CSC(C)(C)C)nc(C)c1CCN. The molecule has 17 heavy (non-hydrogen) atoms. The van der Waals surface area contributed by atoms with Gasteiger partial charge in [-0.15, -0.1) is 11.8 Å². The minimum absolute atomic E-state index is 0.251. The molecule has 0 saturated carbocycles. The van der Waals surface area contributed by atoms with Crippen LogP contribution in [-0.4, -0.2) is 21.3 Å². The van der Waals surface area contributed by atoms with Crippen LogP contribution in [0, 0.1) is 13.8 Å². The molecule has 0 aliphatic heterocycles.